The van der Waals surface area contributed by atoms with E-state index in [9.17, 15) is 0 Å². The smallest absolute Gasteiger partial charge is 0.119 e. The van der Waals surface area contributed by atoms with Gasteiger partial charge in [0.05, 0.1) is 7.11 Å². The molecule has 0 fully saturated rings. The lowest BCUT2D eigenvalue weighted by Crippen LogP contribution is -2.27. The molecule has 0 N–H and O–H groups in total. The summed E-state index contributed by atoms with van der Waals surface area (Å²) in [5, 5.41) is 0. The lowest BCUT2D eigenvalue weighted by molar-refractivity contribution is 0.223. The Morgan fingerprint density at radius 1 is 0.920 bits per heavy atom. The minimum Gasteiger partial charge on any atom is -0.497 e. The van der Waals surface area contributed by atoms with Gasteiger partial charge in [0, 0.05) is 6.54 Å². The second kappa shape index (κ2) is 9.90. The summed E-state index contributed by atoms with van der Waals surface area (Å²) in [6, 6.07) is 16.4. The molecule has 0 atom stereocenters. The van der Waals surface area contributed by atoms with Crippen LogP contribution in [-0.2, 0) is 0 Å². The van der Waals surface area contributed by atoms with Crippen LogP contribution in [0.4, 0.5) is 0 Å². The van der Waals surface area contributed by atoms with Crippen molar-refractivity contribution in [1.82, 2.24) is 4.90 Å². The molecule has 0 spiro atoms. The van der Waals surface area contributed by atoms with Crippen LogP contribution in [0.15, 0.2) is 48.5 Å². The second-order valence-electron chi connectivity index (χ2n) is 6.00. The van der Waals surface area contributed by atoms with Crippen LogP contribution in [0, 0.1) is 0 Å². The normalized spacial score (nSPS) is 11.6. The first-order valence-electron chi connectivity index (χ1n) is 8.94. The maximum absolute atomic E-state index is 5.83. The Hall–Kier alpha value is -2.26. The molecule has 0 heterocycles. The number of hydrogen-bond acceptors (Lipinski definition) is 3. The van der Waals surface area contributed by atoms with E-state index >= 15 is 0 Å². The number of nitrogens with zero attached hydrogens (tertiary/aromatic N) is 1. The third kappa shape index (κ3) is 5.95. The zero-order chi connectivity index (χ0) is 18.1. The minimum atomic E-state index is 0.724. The first kappa shape index (κ1) is 19.1. The summed E-state index contributed by atoms with van der Waals surface area (Å²) in [6.07, 6.45) is 2.18. The zero-order valence-electron chi connectivity index (χ0n) is 15.8. The predicted molar refractivity (Wildman–Crippen MR) is 106 cm³/mol. The molecule has 0 radical (unpaired) electrons. The van der Waals surface area contributed by atoms with Gasteiger partial charge in [0.2, 0.25) is 0 Å². The highest BCUT2D eigenvalue weighted by Gasteiger charge is 2.01. The van der Waals surface area contributed by atoms with Crippen molar-refractivity contribution < 1.29 is 9.47 Å². The molecule has 3 nitrogen and oxygen atoms in total. The van der Waals surface area contributed by atoms with E-state index in [-0.39, 0.29) is 0 Å². The van der Waals surface area contributed by atoms with Crippen molar-refractivity contribution in [2.24, 2.45) is 0 Å². The fraction of sp³-hybridized carbons (Fsp3) is 0.364. The van der Waals surface area contributed by atoms with Gasteiger partial charge in [0.1, 0.15) is 18.1 Å². The molecule has 2 aromatic carbocycles. The van der Waals surface area contributed by atoms with Gasteiger partial charge < -0.3 is 14.4 Å². The van der Waals surface area contributed by atoms with Crippen LogP contribution in [0.2, 0.25) is 0 Å². The number of hydrogen-bond donors (Lipinski definition) is 0. The standard InChI is InChI=1S/C22H29NO2/c1-5-23(6-2)15-16-25-22-11-7-19(8-12-22)17-18(3)20-9-13-21(24-4)14-10-20/h7-14,17H,5-6,15-16H2,1-4H3. The molecular weight excluding hydrogens is 310 g/mol. The van der Waals surface area contributed by atoms with Crippen molar-refractivity contribution in [2.75, 3.05) is 33.4 Å². The molecule has 0 aliphatic rings. The monoisotopic (exact) mass is 339 g/mol. The first-order valence-corrected chi connectivity index (χ1v) is 8.94. The molecule has 0 aromatic heterocycles. The van der Waals surface area contributed by atoms with Gasteiger partial charge in [-0.05, 0) is 61.0 Å². The summed E-state index contributed by atoms with van der Waals surface area (Å²) in [4.78, 5) is 2.36. The molecule has 134 valence electrons. The minimum absolute atomic E-state index is 0.724. The van der Waals surface area contributed by atoms with Crippen molar-refractivity contribution in [2.45, 2.75) is 20.8 Å². The number of allylic oxidation sites excluding steroid dienone is 1. The van der Waals surface area contributed by atoms with Crippen LogP contribution in [0.1, 0.15) is 31.9 Å². The van der Waals surface area contributed by atoms with Crippen LogP contribution in [0.5, 0.6) is 11.5 Å². The first-order chi connectivity index (χ1) is 12.2. The van der Waals surface area contributed by atoms with Crippen LogP contribution in [0.3, 0.4) is 0 Å². The van der Waals surface area contributed by atoms with Crippen LogP contribution in [0.25, 0.3) is 11.6 Å². The lowest BCUT2D eigenvalue weighted by atomic mass is 10.0. The molecule has 0 saturated carbocycles. The molecule has 25 heavy (non-hydrogen) atoms. The summed E-state index contributed by atoms with van der Waals surface area (Å²) in [5.74, 6) is 1.80. The molecule has 2 rings (SSSR count). The van der Waals surface area contributed by atoms with Crippen LogP contribution < -0.4 is 9.47 Å². The van der Waals surface area contributed by atoms with E-state index in [1.165, 1.54) is 16.7 Å². The summed E-state index contributed by atoms with van der Waals surface area (Å²) >= 11 is 0. The number of benzene rings is 2. The van der Waals surface area contributed by atoms with Crippen molar-refractivity contribution in [3.8, 4) is 11.5 Å². The van der Waals surface area contributed by atoms with Crippen LogP contribution in [-0.4, -0.2) is 38.3 Å². The third-order valence-corrected chi connectivity index (χ3v) is 4.38. The van der Waals surface area contributed by atoms with E-state index in [1.54, 1.807) is 7.11 Å². The lowest BCUT2D eigenvalue weighted by Gasteiger charge is -2.18. The van der Waals surface area contributed by atoms with Gasteiger partial charge in [-0.15, -0.1) is 0 Å². The Kier molecular flexibility index (Phi) is 7.55. The zero-order valence-corrected chi connectivity index (χ0v) is 15.8. The quantitative estimate of drug-likeness (QED) is 0.602. The molecule has 0 aliphatic heterocycles. The maximum Gasteiger partial charge on any atom is 0.119 e. The Morgan fingerprint density at radius 2 is 1.52 bits per heavy atom. The number of rotatable bonds is 9. The van der Waals surface area contributed by atoms with Crippen molar-refractivity contribution in [3.63, 3.8) is 0 Å². The van der Waals surface area contributed by atoms with E-state index in [0.29, 0.717) is 0 Å². The Balaban J connectivity index is 1.94. The molecule has 0 aliphatic carbocycles. The van der Waals surface area contributed by atoms with E-state index < -0.39 is 0 Å². The number of ether oxygens (including phenoxy) is 2. The average Bonchev–Trinajstić information content (AvgIpc) is 2.66. The van der Waals surface area contributed by atoms with E-state index in [2.05, 4.69) is 56.0 Å². The molecule has 0 bridgehead atoms. The largest absolute Gasteiger partial charge is 0.497 e. The van der Waals surface area contributed by atoms with Gasteiger partial charge in [0.15, 0.2) is 0 Å². The summed E-state index contributed by atoms with van der Waals surface area (Å²) < 4.78 is 11.0. The molecule has 0 unspecified atom stereocenters. The van der Waals surface area contributed by atoms with E-state index in [0.717, 1.165) is 37.7 Å². The van der Waals surface area contributed by atoms with Gasteiger partial charge in [0.25, 0.3) is 0 Å². The second-order valence-corrected chi connectivity index (χ2v) is 6.00. The van der Waals surface area contributed by atoms with Crippen molar-refractivity contribution in [1.29, 1.82) is 0 Å². The van der Waals surface area contributed by atoms with Gasteiger partial charge in [-0.1, -0.05) is 44.2 Å². The van der Waals surface area contributed by atoms with Gasteiger partial charge >= 0.3 is 0 Å². The number of methoxy groups -OCH3 is 1. The summed E-state index contributed by atoms with van der Waals surface area (Å²) in [5.41, 5.74) is 3.59. The predicted octanol–water partition coefficient (Wildman–Crippen LogP) is 4.98. The highest BCUT2D eigenvalue weighted by Crippen LogP contribution is 2.21. The molecule has 2 aromatic rings. The molecule has 0 saturated heterocycles. The molecule has 0 amide bonds. The summed E-state index contributed by atoms with van der Waals surface area (Å²) in [6.45, 7) is 10.3. The highest BCUT2D eigenvalue weighted by atomic mass is 16.5. The Bertz CT molecular complexity index is 655. The van der Waals surface area contributed by atoms with E-state index in [1.807, 2.05) is 24.3 Å². The number of likely N-dealkylation sites (N-methyl/N-ethyl adjacent to an activating group) is 1. The fourth-order valence-corrected chi connectivity index (χ4v) is 2.68. The molecular formula is C22H29NO2. The fourth-order valence-electron chi connectivity index (χ4n) is 2.68. The van der Waals surface area contributed by atoms with Gasteiger partial charge in [-0.2, -0.15) is 0 Å². The Labute approximate surface area is 151 Å². The van der Waals surface area contributed by atoms with Crippen molar-refractivity contribution in [3.05, 3.63) is 59.7 Å². The summed E-state index contributed by atoms with van der Waals surface area (Å²) in [7, 11) is 1.68. The SMILES string of the molecule is CCN(CC)CCOc1ccc(C=C(C)c2ccc(OC)cc2)cc1. The molecule has 3 heteroatoms. The maximum atomic E-state index is 5.83. The highest BCUT2D eigenvalue weighted by molar-refractivity contribution is 5.80. The van der Waals surface area contributed by atoms with E-state index in [4.69, 9.17) is 9.47 Å². The van der Waals surface area contributed by atoms with Gasteiger partial charge in [-0.3, -0.25) is 0 Å². The van der Waals surface area contributed by atoms with Crippen LogP contribution >= 0.6 is 0 Å². The Morgan fingerprint density at radius 3 is 2.08 bits per heavy atom. The average molecular weight is 339 g/mol. The topological polar surface area (TPSA) is 21.7 Å². The van der Waals surface area contributed by atoms with Crippen molar-refractivity contribution >= 4 is 11.6 Å². The third-order valence-electron chi connectivity index (χ3n) is 4.38. The van der Waals surface area contributed by atoms with Gasteiger partial charge in [-0.25, -0.2) is 0 Å².